The zero-order valence-corrected chi connectivity index (χ0v) is 15.7. The number of hydrogen-bond acceptors (Lipinski definition) is 1. The van der Waals surface area contributed by atoms with E-state index in [4.69, 9.17) is 0 Å². The first-order valence-corrected chi connectivity index (χ1v) is 9.49. The smallest absolute Gasteiger partial charge is 0.308 e. The molecule has 2 unspecified atom stereocenters. The molecule has 0 N–H and O–H groups in total. The summed E-state index contributed by atoms with van der Waals surface area (Å²) in [5.41, 5.74) is 1.86. The van der Waals surface area contributed by atoms with Crippen LogP contribution in [0.25, 0.3) is 0 Å². The molecule has 2 aliphatic rings. The second-order valence-electron chi connectivity index (χ2n) is 7.35. The summed E-state index contributed by atoms with van der Waals surface area (Å²) in [4.78, 5) is 0. The number of hydrogen-bond donors (Lipinski definition) is 0. The van der Waals surface area contributed by atoms with E-state index < -0.39 is 30.7 Å². The van der Waals surface area contributed by atoms with Crippen LogP contribution in [-0.2, 0) is 4.74 Å². The molecule has 28 heavy (non-hydrogen) atoms. The van der Waals surface area contributed by atoms with Gasteiger partial charge >= 0.3 is 18.0 Å². The summed E-state index contributed by atoms with van der Waals surface area (Å²) >= 11 is 0. The summed E-state index contributed by atoms with van der Waals surface area (Å²) in [6, 6.07) is 0. The molecule has 8 heteroatoms. The average Bonchev–Trinajstić information content (AvgIpc) is 2.67. The summed E-state index contributed by atoms with van der Waals surface area (Å²) < 4.78 is 95.6. The molecule has 0 bridgehead atoms. The normalized spacial score (nSPS) is 24.1. The molecule has 0 saturated carbocycles. The minimum atomic E-state index is -5.95. The minimum absolute atomic E-state index is 0.157. The standard InChI is InChI=1S/C20H25F7O/c1-2-3-4-14-5-7-15(8-6-14)16-9-11-17(12-10-16)28-20(26,27)19(24,25)18(22,23)13-21/h7,9-11,14,17H,2-6,8,12-13H2,1H3. The summed E-state index contributed by atoms with van der Waals surface area (Å²) in [7, 11) is 0. The second-order valence-corrected chi connectivity index (χ2v) is 7.35. The third kappa shape index (κ3) is 4.99. The van der Waals surface area contributed by atoms with E-state index in [0.29, 0.717) is 5.92 Å². The predicted molar refractivity (Wildman–Crippen MR) is 92.5 cm³/mol. The number of allylic oxidation sites excluding steroid dienone is 4. The third-order valence-corrected chi connectivity index (χ3v) is 5.21. The van der Waals surface area contributed by atoms with Crippen LogP contribution in [0.2, 0.25) is 0 Å². The third-order valence-electron chi connectivity index (χ3n) is 5.21. The molecular weight excluding hydrogens is 389 g/mol. The van der Waals surface area contributed by atoms with Gasteiger partial charge in [0.2, 0.25) is 0 Å². The molecule has 0 fully saturated rings. The van der Waals surface area contributed by atoms with Gasteiger partial charge < -0.3 is 4.74 Å². The maximum atomic E-state index is 13.6. The molecule has 0 saturated heterocycles. The van der Waals surface area contributed by atoms with E-state index in [1.165, 1.54) is 12.5 Å². The van der Waals surface area contributed by atoms with Gasteiger partial charge in [0.15, 0.2) is 6.67 Å². The van der Waals surface area contributed by atoms with E-state index in [-0.39, 0.29) is 6.42 Å². The second kappa shape index (κ2) is 9.01. The monoisotopic (exact) mass is 414 g/mol. The lowest BCUT2D eigenvalue weighted by molar-refractivity contribution is -0.405. The van der Waals surface area contributed by atoms with Gasteiger partial charge in [-0.05, 0) is 42.7 Å². The molecule has 2 aliphatic carbocycles. The SMILES string of the molecule is CCCCC1CC=C(C2=CCC(OC(F)(F)C(F)(F)C(F)(F)CF)C=C2)CC1. The molecule has 0 aliphatic heterocycles. The number of alkyl halides is 7. The highest BCUT2D eigenvalue weighted by Gasteiger charge is 2.73. The highest BCUT2D eigenvalue weighted by molar-refractivity contribution is 5.42. The van der Waals surface area contributed by atoms with Crippen LogP contribution in [0.3, 0.4) is 0 Å². The first kappa shape index (κ1) is 23.0. The van der Waals surface area contributed by atoms with Gasteiger partial charge in [-0.3, -0.25) is 0 Å². The van der Waals surface area contributed by atoms with Crippen molar-refractivity contribution in [3.05, 3.63) is 35.5 Å². The van der Waals surface area contributed by atoms with Gasteiger partial charge in [-0.1, -0.05) is 50.5 Å². The molecule has 0 aromatic heterocycles. The van der Waals surface area contributed by atoms with Gasteiger partial charge in [0, 0.05) is 0 Å². The van der Waals surface area contributed by atoms with Crippen LogP contribution < -0.4 is 0 Å². The van der Waals surface area contributed by atoms with Crippen LogP contribution in [0.4, 0.5) is 30.7 Å². The van der Waals surface area contributed by atoms with Crippen molar-refractivity contribution < 1.29 is 35.5 Å². The molecule has 0 heterocycles. The minimum Gasteiger partial charge on any atom is -0.308 e. The van der Waals surface area contributed by atoms with Gasteiger partial charge in [0.1, 0.15) is 0 Å². The Bertz CT molecular complexity index is 622. The number of ether oxygens (including phenoxy) is 1. The lowest BCUT2D eigenvalue weighted by Crippen LogP contribution is -2.57. The first-order valence-electron chi connectivity index (χ1n) is 9.49. The molecule has 2 rings (SSSR count). The summed E-state index contributed by atoms with van der Waals surface area (Å²) in [6.45, 7) is -0.769. The number of rotatable bonds is 9. The fourth-order valence-electron chi connectivity index (χ4n) is 3.39. The summed E-state index contributed by atoms with van der Waals surface area (Å²) in [5.74, 6) is -10.8. The molecule has 2 atom stereocenters. The Hall–Kier alpha value is -1.31. The molecule has 160 valence electrons. The van der Waals surface area contributed by atoms with Crippen molar-refractivity contribution in [2.24, 2.45) is 5.92 Å². The van der Waals surface area contributed by atoms with Crippen LogP contribution >= 0.6 is 0 Å². The van der Waals surface area contributed by atoms with Crippen LogP contribution in [0, 0.1) is 5.92 Å². The molecule has 1 nitrogen and oxygen atoms in total. The molecule has 0 spiro atoms. The maximum Gasteiger partial charge on any atom is 0.426 e. The number of unbranched alkanes of at least 4 members (excludes halogenated alkanes) is 1. The Morgan fingerprint density at radius 2 is 1.79 bits per heavy atom. The fraction of sp³-hybridized carbons (Fsp3) is 0.700. The highest BCUT2D eigenvalue weighted by Crippen LogP contribution is 2.47. The number of halogens is 7. The highest BCUT2D eigenvalue weighted by atomic mass is 19.4. The van der Waals surface area contributed by atoms with Gasteiger partial charge in [-0.2, -0.15) is 26.3 Å². The van der Waals surface area contributed by atoms with Crippen LogP contribution in [-0.4, -0.2) is 30.7 Å². The van der Waals surface area contributed by atoms with E-state index in [9.17, 15) is 30.7 Å². The zero-order valence-electron chi connectivity index (χ0n) is 15.7. The molecular formula is C20H25F7O. The lowest BCUT2D eigenvalue weighted by Gasteiger charge is -2.33. The van der Waals surface area contributed by atoms with Gasteiger partial charge in [-0.15, -0.1) is 0 Å². The Balaban J connectivity index is 1.95. The maximum absolute atomic E-state index is 13.6. The molecule has 0 amide bonds. The van der Waals surface area contributed by atoms with Crippen molar-refractivity contribution >= 4 is 0 Å². The van der Waals surface area contributed by atoms with Crippen LogP contribution in [0.5, 0.6) is 0 Å². The zero-order chi connectivity index (χ0) is 21.0. The van der Waals surface area contributed by atoms with Crippen molar-refractivity contribution in [1.29, 1.82) is 0 Å². The Morgan fingerprint density at radius 1 is 1.07 bits per heavy atom. The van der Waals surface area contributed by atoms with Crippen LogP contribution in [0.1, 0.15) is 51.9 Å². The largest absolute Gasteiger partial charge is 0.426 e. The van der Waals surface area contributed by atoms with Crippen molar-refractivity contribution in [1.82, 2.24) is 0 Å². The average molecular weight is 414 g/mol. The van der Waals surface area contributed by atoms with Crippen LogP contribution in [0.15, 0.2) is 35.5 Å². The molecule has 0 aromatic rings. The molecule has 0 radical (unpaired) electrons. The van der Waals surface area contributed by atoms with E-state index in [0.717, 1.165) is 49.3 Å². The first-order chi connectivity index (χ1) is 13.0. The quantitative estimate of drug-likeness (QED) is 0.369. The van der Waals surface area contributed by atoms with E-state index in [2.05, 4.69) is 17.7 Å². The van der Waals surface area contributed by atoms with Gasteiger partial charge in [0.25, 0.3) is 0 Å². The van der Waals surface area contributed by atoms with Crippen molar-refractivity contribution in [2.45, 2.75) is 75.9 Å². The topological polar surface area (TPSA) is 9.23 Å². The van der Waals surface area contributed by atoms with Crippen molar-refractivity contribution in [3.8, 4) is 0 Å². The summed E-state index contributed by atoms with van der Waals surface area (Å²) in [6.07, 6.45) is 5.43. The Morgan fingerprint density at radius 3 is 2.29 bits per heavy atom. The van der Waals surface area contributed by atoms with Crippen molar-refractivity contribution in [3.63, 3.8) is 0 Å². The van der Waals surface area contributed by atoms with Crippen molar-refractivity contribution in [2.75, 3.05) is 6.67 Å². The van der Waals surface area contributed by atoms with E-state index in [1.807, 2.05) is 0 Å². The van der Waals surface area contributed by atoms with Gasteiger partial charge in [0.05, 0.1) is 6.10 Å². The lowest BCUT2D eigenvalue weighted by atomic mass is 9.83. The fourth-order valence-corrected chi connectivity index (χ4v) is 3.39. The Kier molecular flexibility index (Phi) is 7.39. The van der Waals surface area contributed by atoms with E-state index >= 15 is 0 Å². The van der Waals surface area contributed by atoms with E-state index in [1.54, 1.807) is 6.08 Å². The Labute approximate surface area is 160 Å². The molecule has 0 aromatic carbocycles. The summed E-state index contributed by atoms with van der Waals surface area (Å²) in [5, 5.41) is 0. The predicted octanol–water partition coefficient (Wildman–Crippen LogP) is 7.01. The van der Waals surface area contributed by atoms with Gasteiger partial charge in [-0.25, -0.2) is 4.39 Å².